The van der Waals surface area contributed by atoms with E-state index in [-0.39, 0.29) is 5.92 Å². The van der Waals surface area contributed by atoms with Gasteiger partial charge in [0.15, 0.2) is 0 Å². The predicted molar refractivity (Wildman–Crippen MR) is 74.0 cm³/mol. The van der Waals surface area contributed by atoms with Crippen molar-refractivity contribution >= 4 is 5.97 Å². The van der Waals surface area contributed by atoms with Gasteiger partial charge in [0.2, 0.25) is 0 Å². The van der Waals surface area contributed by atoms with Gasteiger partial charge in [0, 0.05) is 6.54 Å². The summed E-state index contributed by atoms with van der Waals surface area (Å²) in [6, 6.07) is 0. The maximum absolute atomic E-state index is 10.9. The second kappa shape index (κ2) is 6.71. The van der Waals surface area contributed by atoms with Crippen LogP contribution in [0.2, 0.25) is 0 Å². The average molecular weight is 269 g/mol. The number of carboxylic acid groups (broad SMARTS) is 1. The smallest absolute Gasteiger partial charge is 0.306 e. The van der Waals surface area contributed by atoms with Crippen molar-refractivity contribution in [1.82, 2.24) is 5.32 Å². The van der Waals surface area contributed by atoms with Crippen LogP contribution >= 0.6 is 0 Å². The minimum atomic E-state index is -0.712. The van der Waals surface area contributed by atoms with Crippen LogP contribution in [0.3, 0.4) is 0 Å². The van der Waals surface area contributed by atoms with Gasteiger partial charge in [-0.25, -0.2) is 0 Å². The van der Waals surface area contributed by atoms with Gasteiger partial charge in [-0.2, -0.15) is 0 Å². The SMILES string of the molecule is O=C(O)C1CCC(O)(CNCCC2CCCC2)CC1. The molecule has 0 aliphatic heterocycles. The van der Waals surface area contributed by atoms with Crippen molar-refractivity contribution < 1.29 is 15.0 Å². The van der Waals surface area contributed by atoms with Crippen molar-refractivity contribution in [2.75, 3.05) is 13.1 Å². The number of carboxylic acids is 1. The number of carbonyl (C=O) groups is 1. The van der Waals surface area contributed by atoms with E-state index < -0.39 is 11.6 Å². The molecular formula is C15H27NO3. The molecule has 0 aromatic carbocycles. The molecule has 0 saturated heterocycles. The molecule has 0 unspecified atom stereocenters. The van der Waals surface area contributed by atoms with Crippen LogP contribution in [0.25, 0.3) is 0 Å². The van der Waals surface area contributed by atoms with Crippen LogP contribution in [-0.4, -0.2) is 34.9 Å². The summed E-state index contributed by atoms with van der Waals surface area (Å²) in [6.45, 7) is 1.60. The van der Waals surface area contributed by atoms with Crippen molar-refractivity contribution in [2.24, 2.45) is 11.8 Å². The molecule has 2 saturated carbocycles. The summed E-state index contributed by atoms with van der Waals surface area (Å²) in [5.74, 6) is -0.0834. The second-order valence-electron chi connectivity index (χ2n) is 6.45. The summed E-state index contributed by atoms with van der Waals surface area (Å²) in [5.41, 5.74) is -0.679. The van der Waals surface area contributed by atoms with Crippen LogP contribution in [0.1, 0.15) is 57.8 Å². The van der Waals surface area contributed by atoms with Crippen LogP contribution in [0.4, 0.5) is 0 Å². The number of rotatable bonds is 6. The lowest BCUT2D eigenvalue weighted by Crippen LogP contribution is -2.44. The molecular weight excluding hydrogens is 242 g/mol. The van der Waals surface area contributed by atoms with Gasteiger partial charge in [-0.3, -0.25) is 4.79 Å². The molecule has 0 heterocycles. The van der Waals surface area contributed by atoms with Gasteiger partial charge < -0.3 is 15.5 Å². The van der Waals surface area contributed by atoms with E-state index in [4.69, 9.17) is 5.11 Å². The molecule has 4 heteroatoms. The molecule has 0 amide bonds. The fourth-order valence-electron chi connectivity index (χ4n) is 3.51. The number of hydrogen-bond acceptors (Lipinski definition) is 3. The second-order valence-corrected chi connectivity index (χ2v) is 6.45. The third kappa shape index (κ3) is 4.46. The Morgan fingerprint density at radius 2 is 1.79 bits per heavy atom. The van der Waals surface area contributed by atoms with Crippen LogP contribution in [0.15, 0.2) is 0 Å². The monoisotopic (exact) mass is 269 g/mol. The van der Waals surface area contributed by atoms with E-state index in [9.17, 15) is 9.90 Å². The Balaban J connectivity index is 1.61. The largest absolute Gasteiger partial charge is 0.481 e. The molecule has 110 valence electrons. The summed E-state index contributed by atoms with van der Waals surface area (Å²) >= 11 is 0. The standard InChI is InChI=1S/C15H27NO3/c17-14(18)13-5-8-15(19,9-6-13)11-16-10-7-12-3-1-2-4-12/h12-13,16,19H,1-11H2,(H,17,18). The summed E-state index contributed by atoms with van der Waals surface area (Å²) in [7, 11) is 0. The molecule has 0 atom stereocenters. The molecule has 0 spiro atoms. The first-order chi connectivity index (χ1) is 9.09. The topological polar surface area (TPSA) is 69.6 Å². The molecule has 2 fully saturated rings. The lowest BCUT2D eigenvalue weighted by molar-refractivity contribution is -0.144. The zero-order valence-electron chi connectivity index (χ0n) is 11.7. The van der Waals surface area contributed by atoms with Crippen LogP contribution in [0, 0.1) is 11.8 Å². The Morgan fingerprint density at radius 1 is 1.16 bits per heavy atom. The first-order valence-corrected chi connectivity index (χ1v) is 7.75. The highest BCUT2D eigenvalue weighted by Crippen LogP contribution is 2.32. The number of aliphatic carboxylic acids is 1. The normalized spacial score (nSPS) is 32.6. The fraction of sp³-hybridized carbons (Fsp3) is 0.933. The van der Waals surface area contributed by atoms with Crippen molar-refractivity contribution in [3.05, 3.63) is 0 Å². The highest BCUT2D eigenvalue weighted by atomic mass is 16.4. The molecule has 0 aromatic rings. The van der Waals surface area contributed by atoms with Gasteiger partial charge >= 0.3 is 5.97 Å². The van der Waals surface area contributed by atoms with Gasteiger partial charge in [0.1, 0.15) is 0 Å². The van der Waals surface area contributed by atoms with Crippen LogP contribution in [-0.2, 0) is 4.79 Å². The molecule has 4 nitrogen and oxygen atoms in total. The van der Waals surface area contributed by atoms with Crippen LogP contribution < -0.4 is 5.32 Å². The maximum atomic E-state index is 10.9. The van der Waals surface area contributed by atoms with Gasteiger partial charge in [0.25, 0.3) is 0 Å². The summed E-state index contributed by atoms with van der Waals surface area (Å²) in [4.78, 5) is 10.9. The lowest BCUT2D eigenvalue weighted by atomic mass is 9.79. The Kier molecular flexibility index (Phi) is 5.22. The average Bonchev–Trinajstić information content (AvgIpc) is 2.88. The van der Waals surface area contributed by atoms with E-state index in [0.717, 1.165) is 12.5 Å². The zero-order chi connectivity index (χ0) is 13.7. The van der Waals surface area contributed by atoms with Gasteiger partial charge in [-0.15, -0.1) is 0 Å². The zero-order valence-corrected chi connectivity index (χ0v) is 11.7. The Bertz CT molecular complexity index is 292. The highest BCUT2D eigenvalue weighted by Gasteiger charge is 2.35. The van der Waals surface area contributed by atoms with E-state index in [0.29, 0.717) is 32.2 Å². The Morgan fingerprint density at radius 3 is 2.37 bits per heavy atom. The van der Waals surface area contributed by atoms with Gasteiger partial charge in [0.05, 0.1) is 11.5 Å². The van der Waals surface area contributed by atoms with Crippen molar-refractivity contribution in [3.8, 4) is 0 Å². The Labute approximate surface area is 115 Å². The van der Waals surface area contributed by atoms with Crippen molar-refractivity contribution in [1.29, 1.82) is 0 Å². The summed E-state index contributed by atoms with van der Waals surface area (Å²) in [5, 5.41) is 22.7. The third-order valence-corrected chi connectivity index (χ3v) is 4.92. The van der Waals surface area contributed by atoms with Gasteiger partial charge in [-0.1, -0.05) is 25.7 Å². The maximum Gasteiger partial charge on any atom is 0.306 e. The van der Waals surface area contributed by atoms with E-state index in [2.05, 4.69) is 5.32 Å². The molecule has 0 bridgehead atoms. The third-order valence-electron chi connectivity index (χ3n) is 4.92. The minimum Gasteiger partial charge on any atom is -0.481 e. The summed E-state index contributed by atoms with van der Waals surface area (Å²) in [6.07, 6.45) is 9.15. The Hall–Kier alpha value is -0.610. The molecule has 2 rings (SSSR count). The molecule has 2 aliphatic rings. The number of aliphatic hydroxyl groups is 1. The first-order valence-electron chi connectivity index (χ1n) is 7.75. The first kappa shape index (κ1) is 14.8. The van der Waals surface area contributed by atoms with Gasteiger partial charge in [-0.05, 0) is 44.6 Å². The van der Waals surface area contributed by atoms with E-state index in [1.807, 2.05) is 0 Å². The molecule has 2 aliphatic carbocycles. The fourth-order valence-corrected chi connectivity index (χ4v) is 3.51. The molecule has 0 radical (unpaired) electrons. The highest BCUT2D eigenvalue weighted by molar-refractivity contribution is 5.70. The molecule has 3 N–H and O–H groups in total. The van der Waals surface area contributed by atoms with Crippen molar-refractivity contribution in [2.45, 2.75) is 63.4 Å². The van der Waals surface area contributed by atoms with Crippen molar-refractivity contribution in [3.63, 3.8) is 0 Å². The number of nitrogens with one attached hydrogen (secondary N) is 1. The van der Waals surface area contributed by atoms with Crippen LogP contribution in [0.5, 0.6) is 0 Å². The predicted octanol–water partition coefficient (Wildman–Crippen LogP) is 2.16. The van der Waals surface area contributed by atoms with E-state index >= 15 is 0 Å². The minimum absolute atomic E-state index is 0.251. The lowest BCUT2D eigenvalue weighted by Gasteiger charge is -2.35. The molecule has 0 aromatic heterocycles. The number of hydrogen-bond donors (Lipinski definition) is 3. The molecule has 19 heavy (non-hydrogen) atoms. The van der Waals surface area contributed by atoms with E-state index in [1.165, 1.54) is 32.1 Å². The summed E-state index contributed by atoms with van der Waals surface area (Å²) < 4.78 is 0. The quantitative estimate of drug-likeness (QED) is 0.646. The van der Waals surface area contributed by atoms with E-state index in [1.54, 1.807) is 0 Å².